The van der Waals surface area contributed by atoms with Gasteiger partial charge in [-0.15, -0.1) is 0 Å². The van der Waals surface area contributed by atoms with Gasteiger partial charge in [0.05, 0.1) is 10.4 Å². The second-order valence-electron chi connectivity index (χ2n) is 7.10. The average molecular weight is 309 g/mol. The second kappa shape index (κ2) is 5.84. The van der Waals surface area contributed by atoms with Crippen molar-refractivity contribution in [1.29, 1.82) is 0 Å². The predicted octanol–water partition coefficient (Wildman–Crippen LogP) is 1.92. The quantitative estimate of drug-likeness (QED) is 0.792. The molecule has 2 heterocycles. The molecular formula is C16H27N3OS. The van der Waals surface area contributed by atoms with Gasteiger partial charge in [-0.3, -0.25) is 9.69 Å². The molecule has 2 atom stereocenters. The van der Waals surface area contributed by atoms with Gasteiger partial charge < -0.3 is 10.6 Å². The van der Waals surface area contributed by atoms with Gasteiger partial charge in [0.2, 0.25) is 5.91 Å². The van der Waals surface area contributed by atoms with Gasteiger partial charge in [-0.05, 0) is 39.2 Å². The van der Waals surface area contributed by atoms with E-state index in [-0.39, 0.29) is 5.91 Å². The Morgan fingerprint density at radius 3 is 2.48 bits per heavy atom. The van der Waals surface area contributed by atoms with Crippen molar-refractivity contribution in [3.05, 3.63) is 0 Å². The molecule has 2 N–H and O–H groups in total. The van der Waals surface area contributed by atoms with Crippen LogP contribution in [0.5, 0.6) is 0 Å². The highest BCUT2D eigenvalue weighted by atomic mass is 32.1. The minimum Gasteiger partial charge on any atom is -0.392 e. The molecule has 3 fully saturated rings. The van der Waals surface area contributed by atoms with Gasteiger partial charge in [-0.25, -0.2) is 0 Å². The zero-order chi connectivity index (χ0) is 15.0. The van der Waals surface area contributed by atoms with Crippen molar-refractivity contribution in [1.82, 2.24) is 9.80 Å². The van der Waals surface area contributed by atoms with Crippen molar-refractivity contribution in [2.24, 2.45) is 11.1 Å². The third kappa shape index (κ3) is 2.59. The monoisotopic (exact) mass is 309 g/mol. The van der Waals surface area contributed by atoms with Crippen LogP contribution < -0.4 is 5.73 Å². The van der Waals surface area contributed by atoms with E-state index in [0.717, 1.165) is 45.2 Å². The summed E-state index contributed by atoms with van der Waals surface area (Å²) in [7, 11) is 2.21. The summed E-state index contributed by atoms with van der Waals surface area (Å²) in [6.45, 7) is 1.73. The molecule has 3 rings (SSSR count). The largest absolute Gasteiger partial charge is 0.392 e. The van der Waals surface area contributed by atoms with E-state index in [1.165, 1.54) is 19.3 Å². The smallest absolute Gasteiger partial charge is 0.235 e. The lowest BCUT2D eigenvalue weighted by Gasteiger charge is -2.39. The summed E-state index contributed by atoms with van der Waals surface area (Å²) in [6, 6.07) is 1.17. The van der Waals surface area contributed by atoms with Crippen LogP contribution in [0.4, 0.5) is 0 Å². The van der Waals surface area contributed by atoms with Gasteiger partial charge in [0.25, 0.3) is 0 Å². The number of fused-ring (bicyclic) bond motifs is 2. The Hall–Kier alpha value is -0.680. The normalized spacial score (nSPS) is 32.7. The van der Waals surface area contributed by atoms with Crippen molar-refractivity contribution in [3.8, 4) is 0 Å². The number of rotatable bonds is 2. The molecule has 2 saturated heterocycles. The first-order valence-electron chi connectivity index (χ1n) is 8.36. The van der Waals surface area contributed by atoms with E-state index in [4.69, 9.17) is 18.0 Å². The number of carbonyl (C=O) groups excluding carboxylic acids is 1. The van der Waals surface area contributed by atoms with Crippen LogP contribution in [-0.2, 0) is 4.79 Å². The Morgan fingerprint density at radius 1 is 1.14 bits per heavy atom. The van der Waals surface area contributed by atoms with Gasteiger partial charge in [-0.2, -0.15) is 0 Å². The number of amides is 1. The Kier molecular flexibility index (Phi) is 4.23. The van der Waals surface area contributed by atoms with Gasteiger partial charge in [0.15, 0.2) is 0 Å². The summed E-state index contributed by atoms with van der Waals surface area (Å²) in [6.07, 6.45) is 8.63. The lowest BCUT2D eigenvalue weighted by Crippen LogP contribution is -2.53. The van der Waals surface area contributed by atoms with E-state index in [1.807, 2.05) is 0 Å². The topological polar surface area (TPSA) is 49.6 Å². The third-order valence-corrected chi connectivity index (χ3v) is 6.41. The molecule has 3 aliphatic rings. The first-order chi connectivity index (χ1) is 10.0. The van der Waals surface area contributed by atoms with Crippen LogP contribution in [0.1, 0.15) is 51.4 Å². The molecule has 5 heteroatoms. The summed E-state index contributed by atoms with van der Waals surface area (Å²) in [5.41, 5.74) is 5.48. The molecule has 0 aromatic rings. The Morgan fingerprint density at radius 2 is 1.81 bits per heavy atom. The van der Waals surface area contributed by atoms with Crippen molar-refractivity contribution in [2.45, 2.75) is 63.5 Å². The highest BCUT2D eigenvalue weighted by molar-refractivity contribution is 7.80. The molecule has 4 nitrogen and oxygen atoms in total. The van der Waals surface area contributed by atoms with Crippen LogP contribution in [0.3, 0.4) is 0 Å². The third-order valence-electron chi connectivity index (χ3n) is 6.02. The van der Waals surface area contributed by atoms with Gasteiger partial charge in [-0.1, -0.05) is 31.5 Å². The van der Waals surface area contributed by atoms with Crippen LogP contribution >= 0.6 is 12.2 Å². The molecule has 2 aliphatic heterocycles. The van der Waals surface area contributed by atoms with Crippen LogP contribution in [0.2, 0.25) is 0 Å². The molecule has 0 spiro atoms. The number of likely N-dealkylation sites (tertiary alicyclic amines) is 1. The molecule has 0 aromatic heterocycles. The van der Waals surface area contributed by atoms with Gasteiger partial charge in [0.1, 0.15) is 0 Å². The average Bonchev–Trinajstić information content (AvgIpc) is 2.72. The summed E-state index contributed by atoms with van der Waals surface area (Å²) >= 11 is 5.32. The zero-order valence-electron chi connectivity index (χ0n) is 13.0. The number of likely N-dealkylation sites (N-methyl/N-ethyl adjacent to an activating group) is 1. The zero-order valence-corrected chi connectivity index (χ0v) is 13.8. The standard InChI is InChI=1S/C16H27N3OS/c1-18-12-5-6-13(18)11-19(10-7-12)15(20)16(14(17)21)8-3-2-4-9-16/h12-13H,2-11H2,1H3,(H2,17,21). The summed E-state index contributed by atoms with van der Waals surface area (Å²) in [5.74, 6) is 0.218. The molecule has 118 valence electrons. The van der Waals surface area contributed by atoms with Crippen molar-refractivity contribution in [3.63, 3.8) is 0 Å². The first kappa shape index (κ1) is 15.2. The predicted molar refractivity (Wildman–Crippen MR) is 88.1 cm³/mol. The SMILES string of the molecule is CN1C2CCC1CN(C(=O)C1(C(N)=S)CCCCC1)CC2. The molecule has 0 radical (unpaired) electrons. The molecule has 1 aliphatic carbocycles. The summed E-state index contributed by atoms with van der Waals surface area (Å²) < 4.78 is 0. The second-order valence-corrected chi connectivity index (χ2v) is 7.54. The highest BCUT2D eigenvalue weighted by Gasteiger charge is 2.46. The van der Waals surface area contributed by atoms with E-state index in [9.17, 15) is 4.79 Å². The van der Waals surface area contributed by atoms with Crippen LogP contribution in [0.25, 0.3) is 0 Å². The van der Waals surface area contributed by atoms with E-state index in [2.05, 4.69) is 16.8 Å². The number of hydrogen-bond donors (Lipinski definition) is 1. The summed E-state index contributed by atoms with van der Waals surface area (Å²) in [4.78, 5) is 18.2. The maximum atomic E-state index is 13.2. The fourth-order valence-electron chi connectivity index (χ4n) is 4.52. The maximum absolute atomic E-state index is 13.2. The number of nitrogens with zero attached hydrogens (tertiary/aromatic N) is 2. The molecule has 1 amide bonds. The minimum atomic E-state index is -0.546. The van der Waals surface area contributed by atoms with Crippen molar-refractivity contribution in [2.75, 3.05) is 20.1 Å². The summed E-state index contributed by atoms with van der Waals surface area (Å²) in [5, 5.41) is 0. The Labute approximate surface area is 133 Å². The Balaban J connectivity index is 1.78. The minimum absolute atomic E-state index is 0.218. The van der Waals surface area contributed by atoms with Gasteiger partial charge in [0, 0.05) is 25.2 Å². The molecule has 0 aromatic carbocycles. The lowest BCUT2D eigenvalue weighted by molar-refractivity contribution is -0.140. The fraction of sp³-hybridized carbons (Fsp3) is 0.875. The number of thiocarbonyl (C=S) groups is 1. The van der Waals surface area contributed by atoms with Crippen LogP contribution in [0, 0.1) is 5.41 Å². The number of carbonyl (C=O) groups is 1. The first-order valence-corrected chi connectivity index (χ1v) is 8.76. The fourth-order valence-corrected chi connectivity index (χ4v) is 4.81. The van der Waals surface area contributed by atoms with Crippen LogP contribution in [-0.4, -0.2) is 52.9 Å². The molecule has 2 unspecified atom stereocenters. The van der Waals surface area contributed by atoms with E-state index >= 15 is 0 Å². The van der Waals surface area contributed by atoms with Gasteiger partial charge >= 0.3 is 0 Å². The highest BCUT2D eigenvalue weighted by Crippen LogP contribution is 2.39. The maximum Gasteiger partial charge on any atom is 0.235 e. The molecule has 2 bridgehead atoms. The number of hydrogen-bond acceptors (Lipinski definition) is 3. The van der Waals surface area contributed by atoms with E-state index in [1.54, 1.807) is 0 Å². The van der Waals surface area contributed by atoms with Crippen LogP contribution in [0.15, 0.2) is 0 Å². The van der Waals surface area contributed by atoms with E-state index in [0.29, 0.717) is 17.1 Å². The van der Waals surface area contributed by atoms with Crippen molar-refractivity contribution >= 4 is 23.1 Å². The number of nitrogens with two attached hydrogens (primary N) is 1. The Bertz CT molecular complexity index is 433. The molecule has 21 heavy (non-hydrogen) atoms. The lowest BCUT2D eigenvalue weighted by atomic mass is 9.72. The molecular weight excluding hydrogens is 282 g/mol. The van der Waals surface area contributed by atoms with Crippen molar-refractivity contribution < 1.29 is 4.79 Å². The van der Waals surface area contributed by atoms with E-state index < -0.39 is 5.41 Å². The molecule has 1 saturated carbocycles.